The van der Waals surface area contributed by atoms with Gasteiger partial charge in [-0.1, -0.05) is 18.7 Å². The fraction of sp³-hybridized carbons (Fsp3) is 0.357. The minimum Gasteiger partial charge on any atom is -0.497 e. The van der Waals surface area contributed by atoms with E-state index in [1.165, 1.54) is 7.11 Å². The monoisotopic (exact) mass is 266 g/mol. The lowest BCUT2D eigenvalue weighted by atomic mass is 10.2. The van der Waals surface area contributed by atoms with E-state index in [0.717, 1.165) is 11.3 Å². The number of carbonyl (C=O) groups excluding carboxylic acids is 1. The highest BCUT2D eigenvalue weighted by Crippen LogP contribution is 2.12. The average Bonchev–Trinajstić information content (AvgIpc) is 2.46. The predicted octanol–water partition coefficient (Wildman–Crippen LogP) is 1.30. The van der Waals surface area contributed by atoms with Crippen LogP contribution >= 0.6 is 0 Å². The number of methoxy groups -OCH3 is 2. The van der Waals surface area contributed by atoms with E-state index in [9.17, 15) is 9.90 Å². The maximum Gasteiger partial charge on any atom is 0.335 e. The summed E-state index contributed by atoms with van der Waals surface area (Å²) in [6, 6.07) is 7.37. The van der Waals surface area contributed by atoms with E-state index >= 15 is 0 Å². The van der Waals surface area contributed by atoms with Gasteiger partial charge in [-0.3, -0.25) is 0 Å². The highest BCUT2D eigenvalue weighted by molar-refractivity contribution is 5.88. The topological polar surface area (TPSA) is 65.0 Å². The normalized spacial score (nSPS) is 11.7. The zero-order valence-corrected chi connectivity index (χ0v) is 11.1. The number of carbonyl (C=O) groups is 1. The Morgan fingerprint density at radius 3 is 2.47 bits per heavy atom. The van der Waals surface area contributed by atoms with Crippen molar-refractivity contribution < 1.29 is 24.1 Å². The molecule has 0 bridgehead atoms. The van der Waals surface area contributed by atoms with Crippen molar-refractivity contribution in [1.29, 1.82) is 0 Å². The molecule has 0 unspecified atom stereocenters. The van der Waals surface area contributed by atoms with Crippen molar-refractivity contribution in [2.75, 3.05) is 20.8 Å². The van der Waals surface area contributed by atoms with Crippen LogP contribution in [0.4, 0.5) is 0 Å². The molecule has 0 amide bonds. The Bertz CT molecular complexity index is 424. The highest BCUT2D eigenvalue weighted by Gasteiger charge is 2.16. The first-order valence-corrected chi connectivity index (χ1v) is 5.74. The van der Waals surface area contributed by atoms with Crippen molar-refractivity contribution in [3.8, 4) is 5.75 Å². The maximum absolute atomic E-state index is 11.1. The molecule has 1 rings (SSSR count). The van der Waals surface area contributed by atoms with Crippen LogP contribution in [0.5, 0.6) is 5.75 Å². The standard InChI is InChI=1S/C14H18O5/c1-10(14(16)18-3)13(15)9-19-8-11-4-6-12(17-2)7-5-11/h4-7,13,15H,1,8-9H2,2-3H3/t13-/m1/s1. The first kappa shape index (κ1) is 15.2. The van der Waals surface area contributed by atoms with Crippen LogP contribution in [-0.4, -0.2) is 38.0 Å². The Balaban J connectivity index is 2.37. The van der Waals surface area contributed by atoms with Crippen LogP contribution in [0.2, 0.25) is 0 Å². The van der Waals surface area contributed by atoms with Gasteiger partial charge >= 0.3 is 5.97 Å². The summed E-state index contributed by atoms with van der Waals surface area (Å²) >= 11 is 0. The van der Waals surface area contributed by atoms with Crippen LogP contribution in [0.15, 0.2) is 36.4 Å². The summed E-state index contributed by atoms with van der Waals surface area (Å²) in [5.74, 6) is 0.128. The molecule has 5 heteroatoms. The van der Waals surface area contributed by atoms with Crippen LogP contribution in [-0.2, 0) is 20.9 Å². The number of benzene rings is 1. The second-order valence-electron chi connectivity index (χ2n) is 3.90. The summed E-state index contributed by atoms with van der Waals surface area (Å²) in [6.07, 6.45) is -1.06. The quantitative estimate of drug-likeness (QED) is 0.595. The van der Waals surface area contributed by atoms with Gasteiger partial charge < -0.3 is 19.3 Å². The zero-order chi connectivity index (χ0) is 14.3. The third-order valence-corrected chi connectivity index (χ3v) is 2.55. The van der Waals surface area contributed by atoms with E-state index in [0.29, 0.717) is 6.61 Å². The van der Waals surface area contributed by atoms with Crippen molar-refractivity contribution in [2.45, 2.75) is 12.7 Å². The molecule has 0 aromatic heterocycles. The predicted molar refractivity (Wildman–Crippen MR) is 69.8 cm³/mol. The molecule has 0 fully saturated rings. The first-order valence-electron chi connectivity index (χ1n) is 5.74. The molecule has 1 N–H and O–H groups in total. The summed E-state index contributed by atoms with van der Waals surface area (Å²) in [7, 11) is 2.83. The Labute approximate surface area is 112 Å². The average molecular weight is 266 g/mol. The van der Waals surface area contributed by atoms with E-state index in [4.69, 9.17) is 9.47 Å². The largest absolute Gasteiger partial charge is 0.497 e. The van der Waals surface area contributed by atoms with Crippen LogP contribution in [0.3, 0.4) is 0 Å². The van der Waals surface area contributed by atoms with Crippen molar-refractivity contribution in [1.82, 2.24) is 0 Å². The van der Waals surface area contributed by atoms with Gasteiger partial charge in [0.25, 0.3) is 0 Å². The van der Waals surface area contributed by atoms with Crippen molar-refractivity contribution >= 4 is 5.97 Å². The molecule has 0 saturated heterocycles. The minimum atomic E-state index is -1.06. The second-order valence-corrected chi connectivity index (χ2v) is 3.90. The van der Waals surface area contributed by atoms with E-state index < -0.39 is 12.1 Å². The number of esters is 1. The van der Waals surface area contributed by atoms with E-state index in [1.54, 1.807) is 7.11 Å². The fourth-order valence-corrected chi connectivity index (χ4v) is 1.38. The smallest absolute Gasteiger partial charge is 0.335 e. The number of aliphatic hydroxyl groups excluding tert-OH is 1. The molecule has 0 saturated carbocycles. The number of hydrogen-bond acceptors (Lipinski definition) is 5. The molecular formula is C14H18O5. The van der Waals surface area contributed by atoms with Gasteiger partial charge in [0.15, 0.2) is 0 Å². The minimum absolute atomic E-state index is 0.0139. The zero-order valence-electron chi connectivity index (χ0n) is 11.1. The summed E-state index contributed by atoms with van der Waals surface area (Å²) in [4.78, 5) is 11.1. The van der Waals surface area contributed by atoms with Gasteiger partial charge in [-0.05, 0) is 17.7 Å². The Hall–Kier alpha value is -1.85. The van der Waals surface area contributed by atoms with Crippen molar-refractivity contribution in [3.63, 3.8) is 0 Å². The van der Waals surface area contributed by atoms with E-state index in [1.807, 2.05) is 24.3 Å². The summed E-state index contributed by atoms with van der Waals surface area (Å²) < 4.78 is 14.8. The lowest BCUT2D eigenvalue weighted by molar-refractivity contribution is -0.137. The molecule has 104 valence electrons. The molecule has 1 atom stereocenters. The van der Waals surface area contributed by atoms with Gasteiger partial charge in [0.2, 0.25) is 0 Å². The van der Waals surface area contributed by atoms with Gasteiger partial charge in [0.05, 0.1) is 33.0 Å². The SMILES string of the molecule is C=C(C(=O)OC)[C@H](O)COCc1ccc(OC)cc1. The van der Waals surface area contributed by atoms with Gasteiger partial charge in [-0.25, -0.2) is 4.79 Å². The molecule has 1 aromatic rings. The molecule has 0 aliphatic rings. The van der Waals surface area contributed by atoms with Gasteiger partial charge in [-0.15, -0.1) is 0 Å². The summed E-state index contributed by atoms with van der Waals surface area (Å²) in [5.41, 5.74) is 0.925. The fourth-order valence-electron chi connectivity index (χ4n) is 1.38. The van der Waals surface area contributed by atoms with Crippen molar-refractivity contribution in [2.24, 2.45) is 0 Å². The van der Waals surface area contributed by atoms with E-state index in [2.05, 4.69) is 11.3 Å². The van der Waals surface area contributed by atoms with Crippen LogP contribution in [0, 0.1) is 0 Å². The molecular weight excluding hydrogens is 248 g/mol. The van der Waals surface area contributed by atoms with Gasteiger partial charge in [-0.2, -0.15) is 0 Å². The number of rotatable bonds is 7. The molecule has 19 heavy (non-hydrogen) atoms. The molecule has 0 spiro atoms. The highest BCUT2D eigenvalue weighted by atomic mass is 16.5. The lowest BCUT2D eigenvalue weighted by Gasteiger charge is -2.12. The Kier molecular flexibility index (Phi) is 6.05. The third kappa shape index (κ3) is 4.73. The van der Waals surface area contributed by atoms with Gasteiger partial charge in [0.1, 0.15) is 11.9 Å². The summed E-state index contributed by atoms with van der Waals surface area (Å²) in [5, 5.41) is 9.63. The Morgan fingerprint density at radius 2 is 1.95 bits per heavy atom. The lowest BCUT2D eigenvalue weighted by Crippen LogP contribution is -2.23. The molecule has 1 aromatic carbocycles. The molecule has 0 heterocycles. The number of aliphatic hydroxyl groups is 1. The first-order chi connectivity index (χ1) is 9.08. The van der Waals surface area contributed by atoms with Crippen LogP contribution < -0.4 is 4.74 Å². The maximum atomic E-state index is 11.1. The van der Waals surface area contributed by atoms with Crippen LogP contribution in [0.25, 0.3) is 0 Å². The molecule has 0 radical (unpaired) electrons. The molecule has 0 aliphatic heterocycles. The third-order valence-electron chi connectivity index (χ3n) is 2.55. The molecule has 5 nitrogen and oxygen atoms in total. The summed E-state index contributed by atoms with van der Waals surface area (Å²) in [6.45, 7) is 3.77. The Morgan fingerprint density at radius 1 is 1.32 bits per heavy atom. The van der Waals surface area contributed by atoms with Gasteiger partial charge in [0, 0.05) is 0 Å². The number of ether oxygens (including phenoxy) is 3. The van der Waals surface area contributed by atoms with E-state index in [-0.39, 0.29) is 12.2 Å². The van der Waals surface area contributed by atoms with Crippen molar-refractivity contribution in [3.05, 3.63) is 42.0 Å². The van der Waals surface area contributed by atoms with Crippen LogP contribution in [0.1, 0.15) is 5.56 Å². The second kappa shape index (κ2) is 7.56. The number of hydrogen-bond donors (Lipinski definition) is 1. The molecule has 0 aliphatic carbocycles.